The highest BCUT2D eigenvalue weighted by molar-refractivity contribution is 5.66. The lowest BCUT2D eigenvalue weighted by atomic mass is 10.1. The van der Waals surface area contributed by atoms with Gasteiger partial charge in [-0.15, -0.1) is 0 Å². The van der Waals surface area contributed by atoms with Crippen LogP contribution in [0.4, 0.5) is 0 Å². The molecule has 0 amide bonds. The third-order valence-corrected chi connectivity index (χ3v) is 3.09. The smallest absolute Gasteiger partial charge is 0.303 e. The fourth-order valence-electron chi connectivity index (χ4n) is 1.89. The molecule has 112 valence electrons. The van der Waals surface area contributed by atoms with Gasteiger partial charge in [0.15, 0.2) is 0 Å². The lowest BCUT2D eigenvalue weighted by Crippen LogP contribution is -1.92. The van der Waals surface area contributed by atoms with Crippen molar-refractivity contribution < 1.29 is 9.90 Å². The highest BCUT2D eigenvalue weighted by atomic mass is 16.4. The molecule has 2 heteroatoms. The summed E-state index contributed by atoms with van der Waals surface area (Å²) in [6, 6.07) is 0. The van der Waals surface area contributed by atoms with Crippen LogP contribution in [0.2, 0.25) is 0 Å². The Labute approximate surface area is 124 Å². The summed E-state index contributed by atoms with van der Waals surface area (Å²) < 4.78 is 0. The lowest BCUT2D eigenvalue weighted by molar-refractivity contribution is -0.137. The molecule has 0 radical (unpaired) electrons. The van der Waals surface area contributed by atoms with E-state index in [0.717, 1.165) is 6.42 Å². The van der Waals surface area contributed by atoms with Crippen LogP contribution in [-0.2, 0) is 4.79 Å². The molecule has 0 aromatic rings. The first-order chi connectivity index (χ1) is 9.77. The second-order valence-corrected chi connectivity index (χ2v) is 5.08. The van der Waals surface area contributed by atoms with Gasteiger partial charge in [0, 0.05) is 19.3 Å². The van der Waals surface area contributed by atoms with Crippen LogP contribution in [0.15, 0.2) is 0 Å². The van der Waals surface area contributed by atoms with Crippen molar-refractivity contribution in [2.24, 2.45) is 0 Å². The van der Waals surface area contributed by atoms with Crippen molar-refractivity contribution in [2.45, 2.75) is 84.0 Å². The largest absolute Gasteiger partial charge is 0.481 e. The van der Waals surface area contributed by atoms with Gasteiger partial charge in [-0.05, 0) is 24.7 Å². The molecule has 0 saturated carbocycles. The maximum atomic E-state index is 10.3. The molecule has 2 nitrogen and oxygen atoms in total. The number of carboxylic acids is 1. The SMILES string of the molecule is CCCCCCCCCCC#CC#CCCCC(=O)O. The molecule has 0 aliphatic carbocycles. The van der Waals surface area contributed by atoms with Gasteiger partial charge in [0.2, 0.25) is 0 Å². The van der Waals surface area contributed by atoms with Gasteiger partial charge in [-0.3, -0.25) is 4.79 Å². The van der Waals surface area contributed by atoms with E-state index in [1.807, 2.05) is 0 Å². The number of rotatable bonds is 11. The molecule has 0 aliphatic heterocycles. The van der Waals surface area contributed by atoms with Crippen molar-refractivity contribution in [3.63, 3.8) is 0 Å². The average molecular weight is 276 g/mol. The van der Waals surface area contributed by atoms with E-state index in [1.54, 1.807) is 0 Å². The Morgan fingerprint density at radius 1 is 0.800 bits per heavy atom. The average Bonchev–Trinajstić information content (AvgIpc) is 2.43. The van der Waals surface area contributed by atoms with Crippen molar-refractivity contribution in [1.29, 1.82) is 0 Å². The van der Waals surface area contributed by atoms with E-state index in [-0.39, 0.29) is 6.42 Å². The maximum absolute atomic E-state index is 10.3. The zero-order chi connectivity index (χ0) is 14.9. The third-order valence-electron chi connectivity index (χ3n) is 3.09. The summed E-state index contributed by atoms with van der Waals surface area (Å²) in [7, 11) is 0. The highest BCUT2D eigenvalue weighted by Crippen LogP contribution is 2.08. The minimum absolute atomic E-state index is 0.195. The van der Waals surface area contributed by atoms with Crippen LogP contribution in [0, 0.1) is 23.7 Å². The van der Waals surface area contributed by atoms with Crippen molar-refractivity contribution in [3.05, 3.63) is 0 Å². The zero-order valence-corrected chi connectivity index (χ0v) is 12.8. The van der Waals surface area contributed by atoms with Crippen LogP contribution < -0.4 is 0 Å². The number of unbranched alkanes of at least 4 members (excludes halogenated alkanes) is 9. The van der Waals surface area contributed by atoms with E-state index >= 15 is 0 Å². The Balaban J connectivity index is 3.28. The predicted octanol–water partition coefficient (Wildman–Crippen LogP) is 4.78. The minimum atomic E-state index is -0.757. The van der Waals surface area contributed by atoms with Crippen LogP contribution >= 0.6 is 0 Å². The number of aliphatic carboxylic acids is 1. The Hall–Kier alpha value is -1.41. The number of hydrogen-bond acceptors (Lipinski definition) is 1. The van der Waals surface area contributed by atoms with Gasteiger partial charge < -0.3 is 5.11 Å². The first-order valence-corrected chi connectivity index (χ1v) is 7.95. The van der Waals surface area contributed by atoms with E-state index in [1.165, 1.54) is 51.4 Å². The number of hydrogen-bond donors (Lipinski definition) is 1. The number of carbonyl (C=O) groups is 1. The first kappa shape index (κ1) is 18.6. The summed E-state index contributed by atoms with van der Waals surface area (Å²) in [6.45, 7) is 2.24. The highest BCUT2D eigenvalue weighted by Gasteiger charge is 1.92. The summed E-state index contributed by atoms with van der Waals surface area (Å²) in [5, 5.41) is 8.44. The van der Waals surface area contributed by atoms with Gasteiger partial charge in [-0.1, -0.05) is 63.7 Å². The van der Waals surface area contributed by atoms with Crippen LogP contribution in [0.3, 0.4) is 0 Å². The summed E-state index contributed by atoms with van der Waals surface area (Å²) >= 11 is 0. The standard InChI is InChI=1S/C18H28O2/c1-2-3-4-5-6-7-8-9-10-11-12-13-14-15-16-17-18(19)20/h2-10,15-17H2,1H3,(H,19,20). The normalized spacial score (nSPS) is 9.25. The molecule has 0 bridgehead atoms. The van der Waals surface area contributed by atoms with Gasteiger partial charge in [-0.25, -0.2) is 0 Å². The van der Waals surface area contributed by atoms with Crippen LogP contribution in [-0.4, -0.2) is 11.1 Å². The third kappa shape index (κ3) is 16.6. The zero-order valence-electron chi connectivity index (χ0n) is 12.8. The Kier molecular flexibility index (Phi) is 14.5. The second-order valence-electron chi connectivity index (χ2n) is 5.08. The fourth-order valence-corrected chi connectivity index (χ4v) is 1.89. The van der Waals surface area contributed by atoms with E-state index in [2.05, 4.69) is 30.6 Å². The molecule has 0 unspecified atom stereocenters. The predicted molar refractivity (Wildman–Crippen MR) is 84.3 cm³/mol. The molecule has 0 aromatic carbocycles. The summed E-state index contributed by atoms with van der Waals surface area (Å²) in [5.41, 5.74) is 0. The van der Waals surface area contributed by atoms with Gasteiger partial charge in [0.05, 0.1) is 0 Å². The topological polar surface area (TPSA) is 37.3 Å². The van der Waals surface area contributed by atoms with Crippen molar-refractivity contribution in [3.8, 4) is 23.7 Å². The molecule has 0 saturated heterocycles. The summed E-state index contributed by atoms with van der Waals surface area (Å²) in [6.07, 6.45) is 12.9. The molecule has 0 fully saturated rings. The second kappa shape index (κ2) is 15.6. The summed E-state index contributed by atoms with van der Waals surface area (Å²) in [4.78, 5) is 10.3. The molecular formula is C18H28O2. The molecule has 0 heterocycles. The molecule has 20 heavy (non-hydrogen) atoms. The van der Waals surface area contributed by atoms with Gasteiger partial charge in [0.25, 0.3) is 0 Å². The molecular weight excluding hydrogens is 248 g/mol. The molecule has 0 spiro atoms. The van der Waals surface area contributed by atoms with Crippen molar-refractivity contribution in [1.82, 2.24) is 0 Å². The van der Waals surface area contributed by atoms with E-state index < -0.39 is 5.97 Å². The lowest BCUT2D eigenvalue weighted by Gasteiger charge is -1.98. The first-order valence-electron chi connectivity index (χ1n) is 7.95. The maximum Gasteiger partial charge on any atom is 0.303 e. The van der Waals surface area contributed by atoms with Crippen molar-refractivity contribution >= 4 is 5.97 Å². The molecule has 0 atom stereocenters. The van der Waals surface area contributed by atoms with E-state index in [4.69, 9.17) is 5.11 Å². The Bertz CT molecular complexity index is 349. The van der Waals surface area contributed by atoms with Gasteiger partial charge in [-0.2, -0.15) is 0 Å². The molecule has 0 aliphatic rings. The number of carboxylic acid groups (broad SMARTS) is 1. The monoisotopic (exact) mass is 276 g/mol. The molecule has 0 rings (SSSR count). The Morgan fingerprint density at radius 3 is 1.85 bits per heavy atom. The summed E-state index contributed by atoms with van der Waals surface area (Å²) in [5.74, 6) is 10.8. The molecule has 1 N–H and O–H groups in total. The van der Waals surface area contributed by atoms with Gasteiger partial charge in [0.1, 0.15) is 0 Å². The van der Waals surface area contributed by atoms with Crippen LogP contribution in [0.25, 0.3) is 0 Å². The van der Waals surface area contributed by atoms with Gasteiger partial charge >= 0.3 is 5.97 Å². The van der Waals surface area contributed by atoms with Crippen molar-refractivity contribution in [2.75, 3.05) is 0 Å². The van der Waals surface area contributed by atoms with E-state index in [0.29, 0.717) is 12.8 Å². The fraction of sp³-hybridized carbons (Fsp3) is 0.722. The van der Waals surface area contributed by atoms with Crippen LogP contribution in [0.5, 0.6) is 0 Å². The van der Waals surface area contributed by atoms with Crippen LogP contribution in [0.1, 0.15) is 84.0 Å². The minimum Gasteiger partial charge on any atom is -0.481 e. The van der Waals surface area contributed by atoms with E-state index in [9.17, 15) is 4.79 Å². The quantitative estimate of drug-likeness (QED) is 0.435. The molecule has 0 aromatic heterocycles. The Morgan fingerprint density at radius 2 is 1.30 bits per heavy atom.